The van der Waals surface area contributed by atoms with Crippen LogP contribution in [-0.2, 0) is 0 Å². The minimum absolute atomic E-state index is 0. The van der Waals surface area contributed by atoms with E-state index in [0.29, 0.717) is 30.7 Å². The second kappa shape index (κ2) is 7.24. The Morgan fingerprint density at radius 1 is 1.27 bits per heavy atom. The van der Waals surface area contributed by atoms with Gasteiger partial charge in [0.2, 0.25) is 0 Å². The van der Waals surface area contributed by atoms with Gasteiger partial charge in [-0.2, -0.15) is 8.78 Å². The van der Waals surface area contributed by atoms with Crippen molar-refractivity contribution in [3.8, 4) is 5.75 Å². The van der Waals surface area contributed by atoms with Gasteiger partial charge in [-0.05, 0) is 37.5 Å². The highest BCUT2D eigenvalue weighted by Gasteiger charge is 2.31. The number of carbonyl (C=O) groups is 1. The maximum absolute atomic E-state index is 12.5. The van der Waals surface area contributed by atoms with Gasteiger partial charge in [-0.1, -0.05) is 6.07 Å². The molecule has 1 aromatic carbocycles. The van der Waals surface area contributed by atoms with Gasteiger partial charge in [0.25, 0.3) is 5.91 Å². The maximum atomic E-state index is 12.5. The van der Waals surface area contributed by atoms with Crippen LogP contribution in [0.2, 0.25) is 0 Å². The molecule has 0 aliphatic carbocycles. The van der Waals surface area contributed by atoms with E-state index in [1.165, 1.54) is 18.6 Å². The summed E-state index contributed by atoms with van der Waals surface area (Å²) in [5, 5.41) is 3.51. The Hall–Kier alpha value is -1.40. The highest BCUT2D eigenvalue weighted by molar-refractivity contribution is 5.94. The van der Waals surface area contributed by atoms with E-state index in [4.69, 9.17) is 0 Å². The van der Waals surface area contributed by atoms with E-state index in [1.807, 2.05) is 0 Å². The van der Waals surface area contributed by atoms with E-state index >= 15 is 0 Å². The lowest BCUT2D eigenvalue weighted by Gasteiger charge is -2.24. The molecule has 1 aromatic rings. The monoisotopic (exact) mass is 332 g/mol. The quantitative estimate of drug-likeness (QED) is 0.925. The second-order valence-corrected chi connectivity index (χ2v) is 5.58. The SMILES string of the molecule is Cl.O=C(c1cccc(OC(F)F)c1)N1CCC2CCC(C1)N2. The summed E-state index contributed by atoms with van der Waals surface area (Å²) in [6, 6.07) is 6.85. The van der Waals surface area contributed by atoms with Gasteiger partial charge in [-0.15, -0.1) is 12.4 Å². The van der Waals surface area contributed by atoms with Crippen LogP contribution in [-0.4, -0.2) is 42.6 Å². The third-order valence-electron chi connectivity index (χ3n) is 4.12. The number of benzene rings is 1. The Labute approximate surface area is 134 Å². The van der Waals surface area contributed by atoms with Gasteiger partial charge in [0.1, 0.15) is 5.75 Å². The first-order chi connectivity index (χ1) is 10.1. The summed E-state index contributed by atoms with van der Waals surface area (Å²) >= 11 is 0. The summed E-state index contributed by atoms with van der Waals surface area (Å²) in [4.78, 5) is 14.3. The van der Waals surface area contributed by atoms with Crippen molar-refractivity contribution in [2.75, 3.05) is 13.1 Å². The van der Waals surface area contributed by atoms with Crippen molar-refractivity contribution in [2.24, 2.45) is 0 Å². The average molecular weight is 333 g/mol. The first-order valence-electron chi connectivity index (χ1n) is 7.22. The average Bonchev–Trinajstić information content (AvgIpc) is 2.77. The number of halogens is 3. The fourth-order valence-corrected chi connectivity index (χ4v) is 3.12. The molecule has 1 amide bonds. The molecule has 4 nitrogen and oxygen atoms in total. The lowest BCUT2D eigenvalue weighted by Crippen LogP contribution is -2.39. The molecule has 2 heterocycles. The predicted octanol–water partition coefficient (Wildman–Crippen LogP) is 2.68. The molecule has 2 aliphatic rings. The number of hydrogen-bond donors (Lipinski definition) is 1. The molecular formula is C15H19ClF2N2O2. The van der Waals surface area contributed by atoms with Crippen LogP contribution in [0.25, 0.3) is 0 Å². The van der Waals surface area contributed by atoms with E-state index in [0.717, 1.165) is 12.8 Å². The standard InChI is InChI=1S/C15H18F2N2O2.ClH/c16-15(17)21-13-3-1-2-10(8-13)14(20)19-7-6-11-4-5-12(9-19)18-11;/h1-3,8,11-12,15,18H,4-7,9H2;1H. The molecule has 2 bridgehead atoms. The smallest absolute Gasteiger partial charge is 0.387 e. The van der Waals surface area contributed by atoms with Crippen LogP contribution in [0.1, 0.15) is 29.6 Å². The first-order valence-corrected chi connectivity index (χ1v) is 7.22. The van der Waals surface area contributed by atoms with Gasteiger partial charge < -0.3 is 15.0 Å². The van der Waals surface area contributed by atoms with Gasteiger partial charge in [0.05, 0.1) is 0 Å². The third kappa shape index (κ3) is 3.87. The lowest BCUT2D eigenvalue weighted by atomic mass is 10.1. The van der Waals surface area contributed by atoms with E-state index < -0.39 is 6.61 Å². The Balaban J connectivity index is 0.00000176. The Morgan fingerprint density at radius 2 is 2.05 bits per heavy atom. The van der Waals surface area contributed by atoms with Crippen LogP contribution in [0.4, 0.5) is 8.78 Å². The van der Waals surface area contributed by atoms with Crippen LogP contribution >= 0.6 is 12.4 Å². The molecule has 2 atom stereocenters. The molecular weight excluding hydrogens is 314 g/mol. The summed E-state index contributed by atoms with van der Waals surface area (Å²) < 4.78 is 28.8. The number of rotatable bonds is 3. The Kier molecular flexibility index (Phi) is 5.58. The lowest BCUT2D eigenvalue weighted by molar-refractivity contribution is -0.0499. The molecule has 2 fully saturated rings. The van der Waals surface area contributed by atoms with Gasteiger partial charge in [0, 0.05) is 30.7 Å². The summed E-state index contributed by atoms with van der Waals surface area (Å²) in [6.07, 6.45) is 3.20. The number of hydrogen-bond acceptors (Lipinski definition) is 3. The highest BCUT2D eigenvalue weighted by Crippen LogP contribution is 2.23. The van der Waals surface area contributed by atoms with E-state index in [1.54, 1.807) is 17.0 Å². The van der Waals surface area contributed by atoms with Crippen LogP contribution < -0.4 is 10.1 Å². The minimum atomic E-state index is -2.88. The summed E-state index contributed by atoms with van der Waals surface area (Å²) in [7, 11) is 0. The molecule has 0 spiro atoms. The molecule has 0 saturated carbocycles. The molecule has 2 unspecified atom stereocenters. The van der Waals surface area contributed by atoms with Gasteiger partial charge >= 0.3 is 6.61 Å². The molecule has 0 radical (unpaired) electrons. The van der Waals surface area contributed by atoms with E-state index in [-0.39, 0.29) is 24.1 Å². The molecule has 0 aromatic heterocycles. The topological polar surface area (TPSA) is 41.6 Å². The summed E-state index contributed by atoms with van der Waals surface area (Å²) in [5.74, 6) is -0.102. The number of nitrogens with one attached hydrogen (secondary N) is 1. The zero-order valence-corrected chi connectivity index (χ0v) is 12.8. The normalized spacial score (nSPS) is 23.9. The van der Waals surface area contributed by atoms with Crippen LogP contribution in [0, 0.1) is 0 Å². The Bertz CT molecular complexity index is 530. The molecule has 3 rings (SSSR count). The van der Waals surface area contributed by atoms with Crippen LogP contribution in [0.3, 0.4) is 0 Å². The number of likely N-dealkylation sites (tertiary alicyclic amines) is 1. The van der Waals surface area contributed by atoms with E-state index in [9.17, 15) is 13.6 Å². The number of alkyl halides is 2. The molecule has 22 heavy (non-hydrogen) atoms. The van der Waals surface area contributed by atoms with Crippen molar-refractivity contribution >= 4 is 18.3 Å². The molecule has 1 N–H and O–H groups in total. The Morgan fingerprint density at radius 3 is 2.82 bits per heavy atom. The predicted molar refractivity (Wildman–Crippen MR) is 80.8 cm³/mol. The molecule has 7 heteroatoms. The minimum Gasteiger partial charge on any atom is -0.435 e. The number of carbonyl (C=O) groups excluding carboxylic acids is 1. The summed E-state index contributed by atoms with van der Waals surface area (Å²) in [5.41, 5.74) is 0.394. The summed E-state index contributed by atoms with van der Waals surface area (Å²) in [6.45, 7) is -1.50. The fourth-order valence-electron chi connectivity index (χ4n) is 3.12. The van der Waals surface area contributed by atoms with Gasteiger partial charge in [0.15, 0.2) is 0 Å². The fraction of sp³-hybridized carbons (Fsp3) is 0.533. The molecule has 122 valence electrons. The van der Waals surface area contributed by atoms with Crippen molar-refractivity contribution < 1.29 is 18.3 Å². The number of fused-ring (bicyclic) bond motifs is 2. The van der Waals surface area contributed by atoms with E-state index in [2.05, 4.69) is 10.1 Å². The first kappa shape index (κ1) is 17.0. The van der Waals surface area contributed by atoms with Crippen molar-refractivity contribution in [3.63, 3.8) is 0 Å². The van der Waals surface area contributed by atoms with Crippen LogP contribution in [0.5, 0.6) is 5.75 Å². The largest absolute Gasteiger partial charge is 0.435 e. The second-order valence-electron chi connectivity index (χ2n) is 5.58. The van der Waals surface area contributed by atoms with Crippen LogP contribution in [0.15, 0.2) is 24.3 Å². The van der Waals surface area contributed by atoms with Crippen molar-refractivity contribution in [2.45, 2.75) is 38.0 Å². The zero-order valence-electron chi connectivity index (χ0n) is 12.0. The zero-order chi connectivity index (χ0) is 14.8. The van der Waals surface area contributed by atoms with Crippen molar-refractivity contribution in [1.82, 2.24) is 10.2 Å². The number of ether oxygens (including phenoxy) is 1. The molecule has 2 aliphatic heterocycles. The van der Waals surface area contributed by atoms with Gasteiger partial charge in [-0.25, -0.2) is 0 Å². The highest BCUT2D eigenvalue weighted by atomic mass is 35.5. The number of nitrogens with zero attached hydrogens (tertiary/aromatic N) is 1. The van der Waals surface area contributed by atoms with Crippen molar-refractivity contribution in [3.05, 3.63) is 29.8 Å². The number of amides is 1. The van der Waals surface area contributed by atoms with Crippen molar-refractivity contribution in [1.29, 1.82) is 0 Å². The molecule has 2 saturated heterocycles. The maximum Gasteiger partial charge on any atom is 0.387 e. The third-order valence-corrected chi connectivity index (χ3v) is 4.12. The van der Waals surface area contributed by atoms with Gasteiger partial charge in [-0.3, -0.25) is 4.79 Å².